The lowest BCUT2D eigenvalue weighted by Gasteiger charge is -2.00. The third-order valence-electron chi connectivity index (χ3n) is 2.82. The van der Waals surface area contributed by atoms with Crippen LogP contribution in [0.25, 0.3) is 11.1 Å². The van der Waals surface area contributed by atoms with Crippen molar-refractivity contribution in [2.75, 3.05) is 0 Å². The van der Waals surface area contributed by atoms with Gasteiger partial charge in [-0.05, 0) is 19.1 Å². The van der Waals surface area contributed by atoms with Crippen molar-refractivity contribution in [2.45, 2.75) is 12.8 Å². The normalized spacial score (nSPS) is 12.2. The van der Waals surface area contributed by atoms with Crippen LogP contribution in [-0.4, -0.2) is 15.8 Å². The smallest absolute Gasteiger partial charge is 0.220 e. The summed E-state index contributed by atoms with van der Waals surface area (Å²) in [6.07, 6.45) is 0. The number of Topliss-reactive ketones (excluding diaryl/α,β-unsaturated/α-hetero) is 1. The van der Waals surface area contributed by atoms with Gasteiger partial charge in [-0.3, -0.25) is 4.79 Å². The summed E-state index contributed by atoms with van der Waals surface area (Å²) in [5.41, 5.74) is 1.47. The molecule has 0 aliphatic carbocycles. The zero-order valence-electron chi connectivity index (χ0n) is 10.5. The number of rotatable bonds is 3. The summed E-state index contributed by atoms with van der Waals surface area (Å²) in [7, 11) is 0. The van der Waals surface area contributed by atoms with Gasteiger partial charge in [0.25, 0.3) is 0 Å². The van der Waals surface area contributed by atoms with E-state index in [1.807, 2.05) is 25.1 Å². The van der Waals surface area contributed by atoms with E-state index in [4.69, 9.17) is 4.42 Å². The number of carbonyl (C=O) groups is 1. The molecule has 0 spiro atoms. The van der Waals surface area contributed by atoms with Crippen LogP contribution < -0.4 is 0 Å². The number of benzene rings is 1. The summed E-state index contributed by atoms with van der Waals surface area (Å²) in [5, 5.41) is 11.7. The Morgan fingerprint density at radius 3 is 2.85 bits per heavy atom. The van der Waals surface area contributed by atoms with E-state index in [0.717, 1.165) is 5.01 Å². The van der Waals surface area contributed by atoms with Crippen molar-refractivity contribution in [3.05, 3.63) is 46.2 Å². The van der Waals surface area contributed by atoms with Gasteiger partial charge in [0.2, 0.25) is 11.7 Å². The first kappa shape index (κ1) is 12.5. The van der Waals surface area contributed by atoms with Crippen molar-refractivity contribution >= 4 is 28.2 Å². The van der Waals surface area contributed by atoms with E-state index in [1.54, 1.807) is 17.5 Å². The lowest BCUT2D eigenvalue weighted by atomic mass is 10.0. The number of hydrogen-bond donors (Lipinski definition) is 0. The molecule has 6 heteroatoms. The van der Waals surface area contributed by atoms with Crippen LogP contribution in [0.15, 0.2) is 34.1 Å². The molecule has 5 nitrogen and oxygen atoms in total. The van der Waals surface area contributed by atoms with Gasteiger partial charge < -0.3 is 4.42 Å². The van der Waals surface area contributed by atoms with Crippen LogP contribution >= 0.6 is 11.3 Å². The maximum Gasteiger partial charge on any atom is 0.220 e. The molecule has 0 aliphatic rings. The number of nitriles is 1. The maximum atomic E-state index is 12.3. The minimum atomic E-state index is -1.07. The van der Waals surface area contributed by atoms with Crippen LogP contribution in [0, 0.1) is 18.3 Å². The van der Waals surface area contributed by atoms with Crippen molar-refractivity contribution in [1.29, 1.82) is 5.26 Å². The van der Waals surface area contributed by atoms with Gasteiger partial charge in [-0.15, -0.1) is 11.3 Å². The van der Waals surface area contributed by atoms with E-state index in [-0.39, 0.29) is 17.4 Å². The molecule has 1 atom stereocenters. The molecule has 98 valence electrons. The quantitative estimate of drug-likeness (QED) is 0.690. The zero-order valence-corrected chi connectivity index (χ0v) is 11.3. The van der Waals surface area contributed by atoms with Gasteiger partial charge in [0.05, 0.1) is 11.1 Å². The molecule has 3 aromatic rings. The Morgan fingerprint density at radius 2 is 2.20 bits per heavy atom. The van der Waals surface area contributed by atoms with E-state index < -0.39 is 5.92 Å². The van der Waals surface area contributed by atoms with Crippen molar-refractivity contribution in [3.63, 3.8) is 0 Å². The predicted molar refractivity (Wildman–Crippen MR) is 73.5 cm³/mol. The molecular formula is C14H9N3O2S. The summed E-state index contributed by atoms with van der Waals surface area (Å²) in [4.78, 5) is 20.6. The molecule has 0 unspecified atom stereocenters. The lowest BCUT2D eigenvalue weighted by molar-refractivity contribution is 0.0966. The third kappa shape index (κ3) is 2.08. The van der Waals surface area contributed by atoms with Gasteiger partial charge in [-0.25, -0.2) is 9.97 Å². The molecule has 3 rings (SSSR count). The first-order valence-corrected chi connectivity index (χ1v) is 6.78. The van der Waals surface area contributed by atoms with Crippen LogP contribution in [-0.2, 0) is 0 Å². The maximum absolute atomic E-state index is 12.3. The van der Waals surface area contributed by atoms with E-state index in [0.29, 0.717) is 11.1 Å². The number of nitrogens with zero attached hydrogens (tertiary/aromatic N) is 3. The highest BCUT2D eigenvalue weighted by atomic mass is 32.1. The second kappa shape index (κ2) is 4.87. The van der Waals surface area contributed by atoms with E-state index in [2.05, 4.69) is 9.97 Å². The third-order valence-corrected chi connectivity index (χ3v) is 3.59. The van der Waals surface area contributed by atoms with Gasteiger partial charge in [-0.2, -0.15) is 5.26 Å². The minimum absolute atomic E-state index is 0.115. The largest absolute Gasteiger partial charge is 0.439 e. The van der Waals surface area contributed by atoms with Crippen molar-refractivity contribution in [2.24, 2.45) is 0 Å². The number of aromatic nitrogens is 2. The number of oxazole rings is 1. The number of thiazole rings is 1. The monoisotopic (exact) mass is 283 g/mol. The fourth-order valence-corrected chi connectivity index (χ4v) is 2.47. The molecule has 0 bridgehead atoms. The molecule has 1 aromatic carbocycles. The summed E-state index contributed by atoms with van der Waals surface area (Å²) in [6, 6.07) is 9.10. The number of carbonyl (C=O) groups excluding carboxylic acids is 1. The highest BCUT2D eigenvalue weighted by Crippen LogP contribution is 2.24. The SMILES string of the molecule is Cc1nc(C(=O)[C@@H](C#N)c2nc3ccccc3o2)cs1. The Labute approximate surface area is 118 Å². The molecule has 0 N–H and O–H groups in total. The molecule has 0 saturated carbocycles. The van der Waals surface area contributed by atoms with Crippen molar-refractivity contribution < 1.29 is 9.21 Å². The lowest BCUT2D eigenvalue weighted by Crippen LogP contribution is -2.12. The van der Waals surface area contributed by atoms with Gasteiger partial charge in [0.15, 0.2) is 11.5 Å². The second-order valence-electron chi connectivity index (χ2n) is 4.20. The van der Waals surface area contributed by atoms with E-state index in [1.165, 1.54) is 11.3 Å². The Bertz CT molecular complexity index is 795. The van der Waals surface area contributed by atoms with Crippen LogP contribution in [0.5, 0.6) is 0 Å². The first-order chi connectivity index (χ1) is 9.69. The number of hydrogen-bond acceptors (Lipinski definition) is 6. The summed E-state index contributed by atoms with van der Waals surface area (Å²) >= 11 is 1.37. The molecule has 0 fully saturated rings. The van der Waals surface area contributed by atoms with Crippen molar-refractivity contribution in [1.82, 2.24) is 9.97 Å². The summed E-state index contributed by atoms with van der Waals surface area (Å²) in [6.45, 7) is 1.81. The van der Waals surface area contributed by atoms with Gasteiger partial charge in [0.1, 0.15) is 11.2 Å². The molecule has 0 saturated heterocycles. The van der Waals surface area contributed by atoms with Crippen LogP contribution in [0.1, 0.15) is 27.3 Å². The topological polar surface area (TPSA) is 79.8 Å². The number of aryl methyl sites for hydroxylation is 1. The Kier molecular flexibility index (Phi) is 3.05. The van der Waals surface area contributed by atoms with Gasteiger partial charge >= 0.3 is 0 Å². The zero-order chi connectivity index (χ0) is 14.1. The number of ketones is 1. The standard InChI is InChI=1S/C14H9N3O2S/c1-8-16-11(7-20-8)13(18)9(6-15)14-17-10-4-2-3-5-12(10)19-14/h2-5,7,9H,1H3/t9-/m1/s1. The molecule has 0 amide bonds. The Hall–Kier alpha value is -2.52. The average molecular weight is 283 g/mol. The molecule has 0 radical (unpaired) electrons. The minimum Gasteiger partial charge on any atom is -0.439 e. The number of fused-ring (bicyclic) bond motifs is 1. The highest BCUT2D eigenvalue weighted by Gasteiger charge is 2.28. The average Bonchev–Trinajstić information content (AvgIpc) is 3.05. The molecule has 0 aliphatic heterocycles. The van der Waals surface area contributed by atoms with Crippen molar-refractivity contribution in [3.8, 4) is 6.07 Å². The first-order valence-electron chi connectivity index (χ1n) is 5.90. The van der Waals surface area contributed by atoms with E-state index in [9.17, 15) is 10.1 Å². The number of para-hydroxylation sites is 2. The summed E-state index contributed by atoms with van der Waals surface area (Å²) < 4.78 is 5.49. The van der Waals surface area contributed by atoms with Gasteiger partial charge in [-0.1, -0.05) is 12.1 Å². The Morgan fingerprint density at radius 1 is 1.40 bits per heavy atom. The summed E-state index contributed by atoms with van der Waals surface area (Å²) in [5.74, 6) is -1.34. The molecule has 2 heterocycles. The highest BCUT2D eigenvalue weighted by molar-refractivity contribution is 7.09. The second-order valence-corrected chi connectivity index (χ2v) is 5.26. The van der Waals surface area contributed by atoms with E-state index >= 15 is 0 Å². The molecule has 20 heavy (non-hydrogen) atoms. The predicted octanol–water partition coefficient (Wildman–Crippen LogP) is 3.08. The Balaban J connectivity index is 2.01. The van der Waals surface area contributed by atoms with Crippen LogP contribution in [0.3, 0.4) is 0 Å². The van der Waals surface area contributed by atoms with Gasteiger partial charge in [0, 0.05) is 5.38 Å². The van der Waals surface area contributed by atoms with Crippen LogP contribution in [0.2, 0.25) is 0 Å². The molecule has 2 aromatic heterocycles. The van der Waals surface area contributed by atoms with Crippen LogP contribution in [0.4, 0.5) is 0 Å². The fraction of sp³-hybridized carbons (Fsp3) is 0.143. The molecular weight excluding hydrogens is 274 g/mol. The fourth-order valence-electron chi connectivity index (χ4n) is 1.86.